The number of rotatable bonds is 6. The summed E-state index contributed by atoms with van der Waals surface area (Å²) in [5, 5.41) is 7.81. The Balaban J connectivity index is 1.41. The van der Waals surface area contributed by atoms with Crippen LogP contribution in [0.1, 0.15) is 12.7 Å². The first-order valence-corrected chi connectivity index (χ1v) is 8.25. The molecule has 0 radical (unpaired) electrons. The van der Waals surface area contributed by atoms with Gasteiger partial charge >= 0.3 is 0 Å². The number of para-hydroxylation sites is 1. The number of furan rings is 1. The van der Waals surface area contributed by atoms with Crippen molar-refractivity contribution in [3.63, 3.8) is 0 Å². The summed E-state index contributed by atoms with van der Waals surface area (Å²) >= 11 is 0. The van der Waals surface area contributed by atoms with Crippen LogP contribution in [0, 0.1) is 0 Å². The highest BCUT2D eigenvalue weighted by molar-refractivity contribution is 5.76. The molecule has 1 atom stereocenters. The van der Waals surface area contributed by atoms with Gasteiger partial charge in [-0.15, -0.1) is 0 Å². The normalized spacial score (nSPS) is 12.5. The second-order valence-electron chi connectivity index (χ2n) is 5.99. The van der Waals surface area contributed by atoms with E-state index in [4.69, 9.17) is 8.94 Å². The van der Waals surface area contributed by atoms with Gasteiger partial charge in [-0.1, -0.05) is 17.3 Å². The van der Waals surface area contributed by atoms with Crippen LogP contribution in [0.15, 0.2) is 62.7 Å². The van der Waals surface area contributed by atoms with E-state index in [2.05, 4.69) is 20.4 Å². The van der Waals surface area contributed by atoms with Crippen molar-refractivity contribution in [1.82, 2.24) is 25.0 Å². The molecule has 4 aromatic rings. The molecule has 0 spiro atoms. The Morgan fingerprint density at radius 2 is 2.12 bits per heavy atom. The Hall–Kier alpha value is -3.26. The van der Waals surface area contributed by atoms with E-state index in [9.17, 15) is 4.79 Å². The molecular weight excluding hydrogens is 334 g/mol. The molecule has 3 heterocycles. The Morgan fingerprint density at radius 3 is 2.96 bits per heavy atom. The molecule has 0 bridgehead atoms. The van der Waals surface area contributed by atoms with E-state index in [1.165, 1.54) is 0 Å². The fourth-order valence-electron chi connectivity index (χ4n) is 2.69. The number of hydrogen-bond donors (Lipinski definition) is 1. The quantitative estimate of drug-likeness (QED) is 0.568. The maximum Gasteiger partial charge on any atom is 0.293 e. The summed E-state index contributed by atoms with van der Waals surface area (Å²) in [7, 11) is 0. The van der Waals surface area contributed by atoms with E-state index in [-0.39, 0.29) is 11.6 Å². The van der Waals surface area contributed by atoms with Gasteiger partial charge in [0.1, 0.15) is 0 Å². The van der Waals surface area contributed by atoms with E-state index >= 15 is 0 Å². The van der Waals surface area contributed by atoms with Gasteiger partial charge < -0.3 is 14.3 Å². The molecule has 0 unspecified atom stereocenters. The Kier molecular flexibility index (Phi) is 4.32. The first kappa shape index (κ1) is 16.2. The van der Waals surface area contributed by atoms with Crippen LogP contribution in [0.25, 0.3) is 22.6 Å². The predicted molar refractivity (Wildman–Crippen MR) is 94.3 cm³/mol. The average molecular weight is 351 g/mol. The molecule has 0 fully saturated rings. The Morgan fingerprint density at radius 1 is 1.23 bits per heavy atom. The Bertz CT molecular complexity index is 1070. The van der Waals surface area contributed by atoms with Crippen LogP contribution in [0.2, 0.25) is 0 Å². The summed E-state index contributed by atoms with van der Waals surface area (Å²) in [6, 6.07) is 10.8. The summed E-state index contributed by atoms with van der Waals surface area (Å²) in [6.45, 7) is 2.88. The van der Waals surface area contributed by atoms with Gasteiger partial charge in [-0.3, -0.25) is 9.36 Å². The van der Waals surface area contributed by atoms with E-state index in [0.29, 0.717) is 41.5 Å². The lowest BCUT2D eigenvalue weighted by atomic mass is 10.2. The molecule has 132 valence electrons. The largest absolute Gasteiger partial charge is 0.459 e. The van der Waals surface area contributed by atoms with Gasteiger partial charge in [0.15, 0.2) is 11.6 Å². The zero-order chi connectivity index (χ0) is 17.9. The number of benzene rings is 1. The van der Waals surface area contributed by atoms with Crippen molar-refractivity contribution in [1.29, 1.82) is 0 Å². The van der Waals surface area contributed by atoms with Crippen LogP contribution in [-0.2, 0) is 13.1 Å². The molecule has 0 amide bonds. The number of nitrogens with zero attached hydrogens (tertiary/aromatic N) is 4. The zero-order valence-electron chi connectivity index (χ0n) is 14.1. The van der Waals surface area contributed by atoms with Crippen LogP contribution >= 0.6 is 0 Å². The molecule has 3 aromatic heterocycles. The lowest BCUT2D eigenvalue weighted by molar-refractivity contribution is 0.400. The standard InChI is InChI=1S/C18H17N5O3/c1-12(10-23-11-20-14-6-3-2-5-13(14)18(23)24)19-9-16-21-17(26-22-16)15-7-4-8-25-15/h2-8,11-12,19H,9-10H2,1H3/t12-/m1/s1. The minimum atomic E-state index is -0.0519. The third-order valence-corrected chi connectivity index (χ3v) is 4.01. The first-order chi connectivity index (χ1) is 12.7. The van der Waals surface area contributed by atoms with Crippen molar-refractivity contribution < 1.29 is 8.94 Å². The lowest BCUT2D eigenvalue weighted by Crippen LogP contribution is -2.34. The summed E-state index contributed by atoms with van der Waals surface area (Å²) in [5.74, 6) is 1.40. The van der Waals surface area contributed by atoms with Crippen LogP contribution in [-0.4, -0.2) is 25.7 Å². The fourth-order valence-corrected chi connectivity index (χ4v) is 2.69. The zero-order valence-corrected chi connectivity index (χ0v) is 14.1. The molecule has 0 aliphatic rings. The van der Waals surface area contributed by atoms with Gasteiger partial charge in [0.05, 0.1) is 30.0 Å². The molecule has 1 aromatic carbocycles. The summed E-state index contributed by atoms with van der Waals surface area (Å²) in [4.78, 5) is 21.1. The average Bonchev–Trinajstić information content (AvgIpc) is 3.34. The Labute approximate surface area is 148 Å². The highest BCUT2D eigenvalue weighted by Gasteiger charge is 2.12. The maximum atomic E-state index is 12.5. The third kappa shape index (κ3) is 3.27. The number of fused-ring (bicyclic) bond motifs is 1. The number of nitrogens with one attached hydrogen (secondary N) is 1. The van der Waals surface area contributed by atoms with Crippen molar-refractivity contribution in [2.24, 2.45) is 0 Å². The van der Waals surface area contributed by atoms with Crippen molar-refractivity contribution in [2.45, 2.75) is 26.1 Å². The van der Waals surface area contributed by atoms with Crippen LogP contribution in [0.3, 0.4) is 0 Å². The highest BCUT2D eigenvalue weighted by Crippen LogP contribution is 2.16. The lowest BCUT2D eigenvalue weighted by Gasteiger charge is -2.14. The monoisotopic (exact) mass is 351 g/mol. The molecule has 0 saturated heterocycles. The number of hydrogen-bond acceptors (Lipinski definition) is 7. The van der Waals surface area contributed by atoms with Gasteiger partial charge in [0.2, 0.25) is 0 Å². The topological polar surface area (TPSA) is 99.0 Å². The molecule has 8 heteroatoms. The van der Waals surface area contributed by atoms with Crippen molar-refractivity contribution >= 4 is 10.9 Å². The van der Waals surface area contributed by atoms with Gasteiger partial charge in [-0.25, -0.2) is 4.98 Å². The predicted octanol–water partition coefficient (Wildman–Crippen LogP) is 2.22. The van der Waals surface area contributed by atoms with E-state index in [1.54, 1.807) is 35.4 Å². The molecule has 0 saturated carbocycles. The van der Waals surface area contributed by atoms with Crippen LogP contribution < -0.4 is 10.9 Å². The van der Waals surface area contributed by atoms with Gasteiger partial charge in [-0.2, -0.15) is 4.98 Å². The molecule has 4 rings (SSSR count). The molecule has 26 heavy (non-hydrogen) atoms. The van der Waals surface area contributed by atoms with Crippen molar-refractivity contribution in [2.75, 3.05) is 0 Å². The van der Waals surface area contributed by atoms with E-state index < -0.39 is 0 Å². The SMILES string of the molecule is C[C@H](Cn1cnc2ccccc2c1=O)NCc1noc(-c2ccco2)n1. The minimum absolute atomic E-state index is 0.0150. The van der Waals surface area contributed by atoms with Crippen LogP contribution in [0.4, 0.5) is 0 Å². The fraction of sp³-hybridized carbons (Fsp3) is 0.222. The third-order valence-electron chi connectivity index (χ3n) is 4.01. The van der Waals surface area contributed by atoms with Crippen molar-refractivity contribution in [3.8, 4) is 11.7 Å². The minimum Gasteiger partial charge on any atom is -0.459 e. The molecule has 8 nitrogen and oxygen atoms in total. The van der Waals surface area contributed by atoms with Crippen molar-refractivity contribution in [3.05, 3.63) is 65.2 Å². The summed E-state index contributed by atoms with van der Waals surface area (Å²) in [5.41, 5.74) is 0.649. The van der Waals surface area contributed by atoms with Gasteiger partial charge in [0, 0.05) is 12.6 Å². The molecule has 0 aliphatic heterocycles. The van der Waals surface area contributed by atoms with E-state index in [0.717, 1.165) is 0 Å². The second kappa shape index (κ2) is 6.93. The second-order valence-corrected chi connectivity index (χ2v) is 5.99. The highest BCUT2D eigenvalue weighted by atomic mass is 16.5. The molecule has 1 N–H and O–H groups in total. The summed E-state index contributed by atoms with van der Waals surface area (Å²) in [6.07, 6.45) is 3.13. The van der Waals surface area contributed by atoms with E-state index in [1.807, 2.05) is 25.1 Å². The summed E-state index contributed by atoms with van der Waals surface area (Å²) < 4.78 is 12.0. The molecular formula is C18H17N5O3. The van der Waals surface area contributed by atoms with Gasteiger partial charge in [-0.05, 0) is 31.2 Å². The molecule has 0 aliphatic carbocycles. The smallest absolute Gasteiger partial charge is 0.293 e. The van der Waals surface area contributed by atoms with Gasteiger partial charge in [0.25, 0.3) is 11.4 Å². The number of aromatic nitrogens is 4. The maximum absolute atomic E-state index is 12.5. The van der Waals surface area contributed by atoms with Crippen LogP contribution in [0.5, 0.6) is 0 Å². The first-order valence-electron chi connectivity index (χ1n) is 8.25.